The second-order valence-electron chi connectivity index (χ2n) is 5.25. The Kier molecular flexibility index (Phi) is 7.42. The smallest absolute Gasteiger partial charge is 0.325 e. The number of halogens is 1. The van der Waals surface area contributed by atoms with Crippen LogP contribution in [0.2, 0.25) is 0 Å². The van der Waals surface area contributed by atoms with E-state index in [9.17, 15) is 14.0 Å². The minimum Gasteiger partial charge on any atom is -0.490 e. The molecule has 0 aliphatic rings. The SMILES string of the molecule is CCOc1ccc(NC(=O)NC(=O)COc2ccccc2F)cc1OCC. The van der Waals surface area contributed by atoms with Crippen LogP contribution in [0.3, 0.4) is 0 Å². The fourth-order valence-corrected chi connectivity index (χ4v) is 2.16. The van der Waals surface area contributed by atoms with Gasteiger partial charge in [0.2, 0.25) is 0 Å². The average molecular weight is 376 g/mol. The molecule has 0 spiro atoms. The molecular weight excluding hydrogens is 355 g/mol. The number of ether oxygens (including phenoxy) is 3. The third-order valence-corrected chi connectivity index (χ3v) is 3.25. The number of nitrogens with one attached hydrogen (secondary N) is 2. The van der Waals surface area contributed by atoms with E-state index in [1.54, 1.807) is 24.3 Å². The van der Waals surface area contributed by atoms with Gasteiger partial charge in [-0.3, -0.25) is 10.1 Å². The Morgan fingerprint density at radius 2 is 1.63 bits per heavy atom. The maximum Gasteiger partial charge on any atom is 0.325 e. The lowest BCUT2D eigenvalue weighted by Gasteiger charge is -2.13. The number of imide groups is 1. The van der Waals surface area contributed by atoms with E-state index >= 15 is 0 Å². The quantitative estimate of drug-likeness (QED) is 0.738. The molecule has 0 aliphatic carbocycles. The van der Waals surface area contributed by atoms with Crippen LogP contribution in [0.15, 0.2) is 42.5 Å². The Labute approximate surface area is 156 Å². The van der Waals surface area contributed by atoms with E-state index in [0.29, 0.717) is 30.4 Å². The molecule has 0 aliphatic heterocycles. The van der Waals surface area contributed by atoms with Gasteiger partial charge in [0.05, 0.1) is 13.2 Å². The normalized spacial score (nSPS) is 10.0. The van der Waals surface area contributed by atoms with E-state index < -0.39 is 24.4 Å². The van der Waals surface area contributed by atoms with Gasteiger partial charge in [0.1, 0.15) is 0 Å². The van der Waals surface area contributed by atoms with Gasteiger partial charge in [0, 0.05) is 11.8 Å². The number of amides is 3. The maximum atomic E-state index is 13.4. The van der Waals surface area contributed by atoms with Gasteiger partial charge in [-0.15, -0.1) is 0 Å². The maximum absolute atomic E-state index is 13.4. The van der Waals surface area contributed by atoms with E-state index in [2.05, 4.69) is 10.6 Å². The lowest BCUT2D eigenvalue weighted by molar-refractivity contribution is -0.121. The van der Waals surface area contributed by atoms with Gasteiger partial charge >= 0.3 is 6.03 Å². The second-order valence-corrected chi connectivity index (χ2v) is 5.25. The zero-order chi connectivity index (χ0) is 19.6. The van der Waals surface area contributed by atoms with E-state index in [-0.39, 0.29) is 5.75 Å². The van der Waals surface area contributed by atoms with Gasteiger partial charge in [-0.1, -0.05) is 12.1 Å². The third kappa shape index (κ3) is 6.18. The Morgan fingerprint density at radius 1 is 0.926 bits per heavy atom. The number of hydrogen-bond donors (Lipinski definition) is 2. The number of benzene rings is 2. The number of urea groups is 1. The van der Waals surface area contributed by atoms with Crippen LogP contribution >= 0.6 is 0 Å². The van der Waals surface area contributed by atoms with E-state index in [0.717, 1.165) is 0 Å². The van der Waals surface area contributed by atoms with Crippen LogP contribution in [0, 0.1) is 5.82 Å². The monoisotopic (exact) mass is 376 g/mol. The summed E-state index contributed by atoms with van der Waals surface area (Å²) < 4.78 is 29.4. The predicted octanol–water partition coefficient (Wildman–Crippen LogP) is 3.35. The van der Waals surface area contributed by atoms with Crippen LogP contribution in [-0.4, -0.2) is 31.8 Å². The van der Waals surface area contributed by atoms with Crippen LogP contribution in [0.1, 0.15) is 13.8 Å². The molecule has 2 aromatic rings. The zero-order valence-corrected chi connectivity index (χ0v) is 15.1. The molecule has 27 heavy (non-hydrogen) atoms. The first-order valence-corrected chi connectivity index (χ1v) is 8.41. The zero-order valence-electron chi connectivity index (χ0n) is 15.1. The molecule has 0 saturated heterocycles. The molecule has 0 radical (unpaired) electrons. The average Bonchev–Trinajstić information content (AvgIpc) is 2.63. The predicted molar refractivity (Wildman–Crippen MR) is 97.8 cm³/mol. The van der Waals surface area contributed by atoms with Gasteiger partial charge in [-0.25, -0.2) is 9.18 Å². The summed E-state index contributed by atoms with van der Waals surface area (Å²) in [4.78, 5) is 23.7. The van der Waals surface area contributed by atoms with E-state index in [4.69, 9.17) is 14.2 Å². The Hall–Kier alpha value is -3.29. The number of carbonyl (C=O) groups excluding carboxylic acids is 2. The molecular formula is C19H21FN2O5. The number of anilines is 1. The van der Waals surface area contributed by atoms with Crippen molar-refractivity contribution in [3.8, 4) is 17.2 Å². The summed E-state index contributed by atoms with van der Waals surface area (Å²) in [5, 5.41) is 4.62. The fourth-order valence-electron chi connectivity index (χ4n) is 2.16. The minimum atomic E-state index is -0.747. The van der Waals surface area contributed by atoms with Crippen molar-refractivity contribution in [1.82, 2.24) is 5.32 Å². The van der Waals surface area contributed by atoms with Gasteiger partial charge < -0.3 is 19.5 Å². The summed E-state index contributed by atoms with van der Waals surface area (Å²) in [5.74, 6) is -0.341. The van der Waals surface area contributed by atoms with Crippen molar-refractivity contribution in [3.05, 3.63) is 48.3 Å². The van der Waals surface area contributed by atoms with E-state index in [1.807, 2.05) is 13.8 Å². The van der Waals surface area contributed by atoms with Crippen molar-refractivity contribution < 1.29 is 28.2 Å². The molecule has 0 heterocycles. The summed E-state index contributed by atoms with van der Waals surface area (Å²) in [5.41, 5.74) is 0.419. The lowest BCUT2D eigenvalue weighted by Crippen LogP contribution is -2.37. The highest BCUT2D eigenvalue weighted by Crippen LogP contribution is 2.30. The largest absolute Gasteiger partial charge is 0.490 e. The minimum absolute atomic E-state index is 0.0686. The Morgan fingerprint density at radius 3 is 2.33 bits per heavy atom. The summed E-state index contributed by atoms with van der Waals surface area (Å²) in [6.45, 7) is 4.09. The van der Waals surface area contributed by atoms with Crippen LogP contribution < -0.4 is 24.8 Å². The van der Waals surface area contributed by atoms with Crippen molar-refractivity contribution in [1.29, 1.82) is 0 Å². The topological polar surface area (TPSA) is 85.9 Å². The molecule has 2 N–H and O–H groups in total. The Bertz CT molecular complexity index is 797. The molecule has 144 valence electrons. The van der Waals surface area contributed by atoms with Crippen molar-refractivity contribution in [2.45, 2.75) is 13.8 Å². The number of hydrogen-bond acceptors (Lipinski definition) is 5. The summed E-state index contributed by atoms with van der Waals surface area (Å²) in [7, 11) is 0. The van der Waals surface area contributed by atoms with Crippen LogP contribution in [0.5, 0.6) is 17.2 Å². The number of para-hydroxylation sites is 1. The second kappa shape index (κ2) is 10.0. The molecule has 3 amide bonds. The van der Waals surface area contributed by atoms with Crippen LogP contribution in [0.25, 0.3) is 0 Å². The molecule has 8 heteroatoms. The molecule has 2 rings (SSSR count). The van der Waals surface area contributed by atoms with Gasteiger partial charge in [-0.05, 0) is 38.1 Å². The van der Waals surface area contributed by atoms with Crippen LogP contribution in [-0.2, 0) is 4.79 Å². The van der Waals surface area contributed by atoms with Crippen molar-refractivity contribution in [2.24, 2.45) is 0 Å². The van der Waals surface area contributed by atoms with Gasteiger partial charge in [0.15, 0.2) is 29.7 Å². The summed E-state index contributed by atoms with van der Waals surface area (Å²) in [6, 6.07) is 9.80. The van der Waals surface area contributed by atoms with Crippen LogP contribution in [0.4, 0.5) is 14.9 Å². The molecule has 0 saturated carbocycles. The number of carbonyl (C=O) groups is 2. The van der Waals surface area contributed by atoms with Crippen molar-refractivity contribution in [3.63, 3.8) is 0 Å². The first kappa shape index (κ1) is 20.0. The lowest BCUT2D eigenvalue weighted by atomic mass is 10.2. The molecule has 2 aromatic carbocycles. The Balaban J connectivity index is 1.90. The molecule has 0 fully saturated rings. The number of rotatable bonds is 8. The molecule has 7 nitrogen and oxygen atoms in total. The molecule has 0 atom stereocenters. The van der Waals surface area contributed by atoms with Crippen molar-refractivity contribution in [2.75, 3.05) is 25.1 Å². The summed E-state index contributed by atoms with van der Waals surface area (Å²) in [6.07, 6.45) is 0. The highest BCUT2D eigenvalue weighted by Gasteiger charge is 2.12. The first-order chi connectivity index (χ1) is 13.0. The summed E-state index contributed by atoms with van der Waals surface area (Å²) >= 11 is 0. The highest BCUT2D eigenvalue weighted by atomic mass is 19.1. The molecule has 0 bridgehead atoms. The molecule has 0 aromatic heterocycles. The van der Waals surface area contributed by atoms with E-state index in [1.165, 1.54) is 18.2 Å². The fraction of sp³-hybridized carbons (Fsp3) is 0.263. The third-order valence-electron chi connectivity index (χ3n) is 3.25. The van der Waals surface area contributed by atoms with Crippen molar-refractivity contribution >= 4 is 17.6 Å². The van der Waals surface area contributed by atoms with Gasteiger partial charge in [0.25, 0.3) is 5.91 Å². The van der Waals surface area contributed by atoms with Gasteiger partial charge in [-0.2, -0.15) is 0 Å². The standard InChI is InChI=1S/C19H21FN2O5/c1-3-25-16-10-9-13(11-17(16)26-4-2)21-19(24)22-18(23)12-27-15-8-6-5-7-14(15)20/h5-11H,3-4,12H2,1-2H3,(H2,21,22,23,24). The molecule has 0 unspecified atom stereocenters. The highest BCUT2D eigenvalue weighted by molar-refractivity contribution is 6.01. The first-order valence-electron chi connectivity index (χ1n) is 8.41.